The van der Waals surface area contributed by atoms with Gasteiger partial charge in [0.25, 0.3) is 5.69 Å². The lowest BCUT2D eigenvalue weighted by molar-refractivity contribution is -0.384. The Labute approximate surface area is 122 Å². The molecule has 0 bridgehead atoms. The highest BCUT2D eigenvalue weighted by atomic mass is 32.2. The number of nitrogens with zero attached hydrogens (tertiary/aromatic N) is 1. The maximum atomic E-state index is 11.5. The van der Waals surface area contributed by atoms with Crippen molar-refractivity contribution in [3.8, 4) is 0 Å². The summed E-state index contributed by atoms with van der Waals surface area (Å²) in [7, 11) is 1.27. The van der Waals surface area contributed by atoms with E-state index in [1.54, 1.807) is 11.8 Å². The minimum absolute atomic E-state index is 0.0606. The standard InChI is InChI=1S/C13H18N2O4S/c1-13(2,20-4)8-14-10-7-9(12(16)19-3)5-6-11(10)15(17)18/h5-7,14H,8H2,1-4H3. The average Bonchev–Trinajstić information content (AvgIpc) is 2.43. The number of benzene rings is 1. The van der Waals surface area contributed by atoms with Gasteiger partial charge in [-0.3, -0.25) is 10.1 Å². The van der Waals surface area contributed by atoms with Gasteiger partial charge in [-0.25, -0.2) is 4.79 Å². The zero-order chi connectivity index (χ0) is 15.3. The van der Waals surface area contributed by atoms with Crippen LogP contribution in [0.1, 0.15) is 24.2 Å². The van der Waals surface area contributed by atoms with Gasteiger partial charge in [0.1, 0.15) is 5.69 Å². The molecule has 1 N–H and O–H groups in total. The molecule has 0 atom stereocenters. The second kappa shape index (κ2) is 6.60. The van der Waals surface area contributed by atoms with E-state index < -0.39 is 10.9 Å². The first-order chi connectivity index (χ1) is 9.30. The summed E-state index contributed by atoms with van der Waals surface area (Å²) in [5.74, 6) is -0.521. The molecular weight excluding hydrogens is 280 g/mol. The number of esters is 1. The monoisotopic (exact) mass is 298 g/mol. The number of anilines is 1. The van der Waals surface area contributed by atoms with E-state index >= 15 is 0 Å². The summed E-state index contributed by atoms with van der Waals surface area (Å²) in [5, 5.41) is 14.0. The van der Waals surface area contributed by atoms with Gasteiger partial charge in [0.05, 0.1) is 17.6 Å². The summed E-state index contributed by atoms with van der Waals surface area (Å²) in [5.41, 5.74) is 0.539. The third-order valence-electron chi connectivity index (χ3n) is 2.87. The van der Waals surface area contributed by atoms with Crippen LogP contribution in [0.15, 0.2) is 18.2 Å². The van der Waals surface area contributed by atoms with Crippen molar-refractivity contribution >= 4 is 29.1 Å². The number of ether oxygens (including phenoxy) is 1. The molecule has 0 fully saturated rings. The van der Waals surface area contributed by atoms with Gasteiger partial charge in [0.2, 0.25) is 0 Å². The predicted octanol–water partition coefficient (Wildman–Crippen LogP) is 2.93. The van der Waals surface area contributed by atoms with Gasteiger partial charge in [0, 0.05) is 17.4 Å². The highest BCUT2D eigenvalue weighted by Crippen LogP contribution is 2.28. The smallest absolute Gasteiger partial charge is 0.337 e. The minimum atomic E-state index is -0.521. The number of carbonyl (C=O) groups excluding carboxylic acids is 1. The van der Waals surface area contributed by atoms with Gasteiger partial charge in [-0.15, -0.1) is 0 Å². The molecule has 0 aliphatic carbocycles. The lowest BCUT2D eigenvalue weighted by atomic mass is 10.1. The molecule has 110 valence electrons. The minimum Gasteiger partial charge on any atom is -0.465 e. The first-order valence-electron chi connectivity index (χ1n) is 5.96. The largest absolute Gasteiger partial charge is 0.465 e. The van der Waals surface area contributed by atoms with E-state index in [4.69, 9.17) is 0 Å². The molecule has 0 amide bonds. The van der Waals surface area contributed by atoms with E-state index in [2.05, 4.69) is 10.1 Å². The molecular formula is C13H18N2O4S. The second-order valence-corrected chi connectivity index (χ2v) is 6.31. The molecule has 0 aliphatic heterocycles. The second-order valence-electron chi connectivity index (χ2n) is 4.80. The van der Waals surface area contributed by atoms with Crippen molar-refractivity contribution in [2.45, 2.75) is 18.6 Å². The van der Waals surface area contributed by atoms with Crippen molar-refractivity contribution in [3.05, 3.63) is 33.9 Å². The first-order valence-corrected chi connectivity index (χ1v) is 7.19. The van der Waals surface area contributed by atoms with Crippen molar-refractivity contribution in [1.29, 1.82) is 0 Å². The van der Waals surface area contributed by atoms with Gasteiger partial charge in [-0.2, -0.15) is 11.8 Å². The van der Waals surface area contributed by atoms with E-state index in [0.717, 1.165) is 0 Å². The van der Waals surface area contributed by atoms with Gasteiger partial charge in [-0.1, -0.05) is 0 Å². The lowest BCUT2D eigenvalue weighted by Crippen LogP contribution is -2.26. The molecule has 0 saturated carbocycles. The number of nitrogens with one attached hydrogen (secondary N) is 1. The number of thioether (sulfide) groups is 1. The van der Waals surface area contributed by atoms with Crippen molar-refractivity contribution in [2.24, 2.45) is 0 Å². The maximum absolute atomic E-state index is 11.5. The Morgan fingerprint density at radius 2 is 2.15 bits per heavy atom. The Hall–Kier alpha value is -1.76. The molecule has 6 nitrogen and oxygen atoms in total. The summed E-state index contributed by atoms with van der Waals surface area (Å²) in [6.45, 7) is 4.60. The van der Waals surface area contributed by atoms with Crippen molar-refractivity contribution < 1.29 is 14.5 Å². The molecule has 7 heteroatoms. The normalized spacial score (nSPS) is 11.0. The van der Waals surface area contributed by atoms with Gasteiger partial charge in [0.15, 0.2) is 0 Å². The molecule has 1 rings (SSSR count). The molecule has 0 spiro atoms. The fourth-order valence-corrected chi connectivity index (χ4v) is 1.68. The third-order valence-corrected chi connectivity index (χ3v) is 4.12. The molecule has 20 heavy (non-hydrogen) atoms. The van der Waals surface area contributed by atoms with Crippen LogP contribution in [0, 0.1) is 10.1 Å². The summed E-state index contributed by atoms with van der Waals surface area (Å²) in [6, 6.07) is 4.13. The molecule has 0 saturated heterocycles. The molecule has 0 aliphatic rings. The van der Waals surface area contributed by atoms with E-state index in [0.29, 0.717) is 12.2 Å². The zero-order valence-electron chi connectivity index (χ0n) is 11.9. The summed E-state index contributed by atoms with van der Waals surface area (Å²) < 4.78 is 4.54. The average molecular weight is 298 g/mol. The van der Waals surface area contributed by atoms with Crippen LogP contribution in [0.2, 0.25) is 0 Å². The maximum Gasteiger partial charge on any atom is 0.337 e. The molecule has 1 aromatic rings. The quantitative estimate of drug-likeness (QED) is 0.494. The number of nitro benzene ring substituents is 1. The summed E-state index contributed by atoms with van der Waals surface area (Å²) in [4.78, 5) is 22.0. The SMILES string of the molecule is COC(=O)c1ccc([N+](=O)[O-])c(NCC(C)(C)SC)c1. The first kappa shape index (κ1) is 16.3. The fourth-order valence-electron chi connectivity index (χ4n) is 1.46. The van der Waals surface area contributed by atoms with Gasteiger partial charge >= 0.3 is 5.97 Å². The Morgan fingerprint density at radius 1 is 1.50 bits per heavy atom. The number of hydrogen-bond donors (Lipinski definition) is 1. The molecule has 1 aromatic carbocycles. The summed E-state index contributed by atoms with van der Waals surface area (Å²) in [6.07, 6.45) is 1.97. The number of carbonyl (C=O) groups is 1. The van der Waals surface area contributed by atoms with Crippen LogP contribution < -0.4 is 5.32 Å². The van der Waals surface area contributed by atoms with Crippen LogP contribution in [-0.4, -0.2) is 35.5 Å². The van der Waals surface area contributed by atoms with Crippen LogP contribution >= 0.6 is 11.8 Å². The number of nitro groups is 1. The number of methoxy groups -OCH3 is 1. The van der Waals surface area contributed by atoms with E-state index in [1.165, 1.54) is 25.3 Å². The van der Waals surface area contributed by atoms with Crippen molar-refractivity contribution in [2.75, 3.05) is 25.2 Å². The highest BCUT2D eigenvalue weighted by molar-refractivity contribution is 7.99. The van der Waals surface area contributed by atoms with Crippen LogP contribution in [0.4, 0.5) is 11.4 Å². The molecule has 0 heterocycles. The predicted molar refractivity (Wildman–Crippen MR) is 80.5 cm³/mol. The Bertz CT molecular complexity index is 517. The zero-order valence-corrected chi connectivity index (χ0v) is 12.7. The lowest BCUT2D eigenvalue weighted by Gasteiger charge is -2.23. The van der Waals surface area contributed by atoms with Crippen molar-refractivity contribution in [3.63, 3.8) is 0 Å². The fraction of sp³-hybridized carbons (Fsp3) is 0.462. The number of rotatable bonds is 6. The van der Waals surface area contributed by atoms with E-state index in [9.17, 15) is 14.9 Å². The van der Waals surface area contributed by atoms with Crippen LogP contribution in [0.5, 0.6) is 0 Å². The summed E-state index contributed by atoms with van der Waals surface area (Å²) >= 11 is 1.65. The highest BCUT2D eigenvalue weighted by Gasteiger charge is 2.20. The van der Waals surface area contributed by atoms with Crippen LogP contribution in [0.3, 0.4) is 0 Å². The topological polar surface area (TPSA) is 81.5 Å². The number of hydrogen-bond acceptors (Lipinski definition) is 6. The Morgan fingerprint density at radius 3 is 2.65 bits per heavy atom. The van der Waals surface area contributed by atoms with Crippen molar-refractivity contribution in [1.82, 2.24) is 0 Å². The van der Waals surface area contributed by atoms with Gasteiger partial charge in [-0.05, 0) is 32.2 Å². The van der Waals surface area contributed by atoms with Crippen LogP contribution in [-0.2, 0) is 4.74 Å². The molecule has 0 unspecified atom stereocenters. The third kappa shape index (κ3) is 4.12. The van der Waals surface area contributed by atoms with E-state index in [1.807, 2.05) is 20.1 Å². The molecule has 0 aromatic heterocycles. The Balaban J connectivity index is 3.06. The van der Waals surface area contributed by atoms with Crippen LogP contribution in [0.25, 0.3) is 0 Å². The Kier molecular flexibility index (Phi) is 5.38. The van der Waals surface area contributed by atoms with Gasteiger partial charge < -0.3 is 10.1 Å². The van der Waals surface area contributed by atoms with E-state index in [-0.39, 0.29) is 16.0 Å². The molecule has 0 radical (unpaired) electrons.